The van der Waals surface area contributed by atoms with Gasteiger partial charge >= 0.3 is 5.97 Å². The first kappa shape index (κ1) is 16.5. The van der Waals surface area contributed by atoms with E-state index in [9.17, 15) is 4.79 Å². The van der Waals surface area contributed by atoms with Crippen LogP contribution in [0.3, 0.4) is 0 Å². The molecule has 27 heavy (non-hydrogen) atoms. The number of carbonyl (C=O) groups is 1. The number of para-hydroxylation sites is 1. The zero-order valence-electron chi connectivity index (χ0n) is 14.1. The van der Waals surface area contributed by atoms with Gasteiger partial charge in [-0.05, 0) is 54.6 Å². The molecule has 0 spiro atoms. The van der Waals surface area contributed by atoms with Crippen molar-refractivity contribution in [2.24, 2.45) is 0 Å². The number of carboxylic acid groups (broad SMARTS) is 1. The van der Waals surface area contributed by atoms with Crippen LogP contribution >= 0.6 is 0 Å². The third kappa shape index (κ3) is 3.69. The predicted molar refractivity (Wildman–Crippen MR) is 98.6 cm³/mol. The lowest BCUT2D eigenvalue weighted by molar-refractivity contribution is 0.0697. The van der Waals surface area contributed by atoms with Crippen molar-refractivity contribution in [1.82, 2.24) is 10.2 Å². The number of hydrogen-bond donors (Lipinski definition) is 1. The van der Waals surface area contributed by atoms with Crippen LogP contribution in [0.15, 0.2) is 83.3 Å². The van der Waals surface area contributed by atoms with Crippen molar-refractivity contribution in [3.8, 4) is 34.4 Å². The van der Waals surface area contributed by atoms with Crippen LogP contribution in [0.4, 0.5) is 0 Å². The quantitative estimate of drug-likeness (QED) is 0.546. The molecule has 0 bridgehead atoms. The van der Waals surface area contributed by atoms with Gasteiger partial charge in [0.1, 0.15) is 11.5 Å². The van der Waals surface area contributed by atoms with E-state index in [4.69, 9.17) is 14.3 Å². The SMILES string of the molecule is O=C(O)c1ccc(-c2nnc(-c3cccc(Oc4ccccc4)c3)o2)cc1. The molecular formula is C21H14N2O4. The third-order valence-corrected chi connectivity index (χ3v) is 3.86. The molecule has 1 N–H and O–H groups in total. The molecule has 1 aromatic heterocycles. The van der Waals surface area contributed by atoms with E-state index in [-0.39, 0.29) is 5.56 Å². The maximum atomic E-state index is 10.9. The summed E-state index contributed by atoms with van der Waals surface area (Å²) in [4.78, 5) is 10.9. The van der Waals surface area contributed by atoms with Crippen LogP contribution < -0.4 is 4.74 Å². The first-order chi connectivity index (χ1) is 13.2. The van der Waals surface area contributed by atoms with Gasteiger partial charge in [-0.2, -0.15) is 0 Å². The molecule has 4 aromatic rings. The lowest BCUT2D eigenvalue weighted by Gasteiger charge is -2.05. The molecule has 0 amide bonds. The second kappa shape index (κ2) is 7.13. The molecule has 0 aliphatic carbocycles. The van der Waals surface area contributed by atoms with Crippen molar-refractivity contribution in [3.63, 3.8) is 0 Å². The summed E-state index contributed by atoms with van der Waals surface area (Å²) >= 11 is 0. The van der Waals surface area contributed by atoms with Crippen LogP contribution in [-0.4, -0.2) is 21.3 Å². The van der Waals surface area contributed by atoms with E-state index in [2.05, 4.69) is 10.2 Å². The molecule has 0 radical (unpaired) electrons. The van der Waals surface area contributed by atoms with Crippen molar-refractivity contribution < 1.29 is 19.1 Å². The van der Waals surface area contributed by atoms with Crippen molar-refractivity contribution in [2.45, 2.75) is 0 Å². The van der Waals surface area contributed by atoms with Crippen molar-refractivity contribution in [2.75, 3.05) is 0 Å². The zero-order chi connectivity index (χ0) is 18.6. The number of aromatic carboxylic acids is 1. The van der Waals surface area contributed by atoms with Crippen LogP contribution in [0.5, 0.6) is 11.5 Å². The molecule has 6 nitrogen and oxygen atoms in total. The van der Waals surface area contributed by atoms with Crippen LogP contribution in [0, 0.1) is 0 Å². The van der Waals surface area contributed by atoms with Gasteiger partial charge in [-0.25, -0.2) is 4.79 Å². The highest BCUT2D eigenvalue weighted by Crippen LogP contribution is 2.28. The van der Waals surface area contributed by atoms with Gasteiger partial charge in [0, 0.05) is 11.1 Å². The molecule has 3 aromatic carbocycles. The summed E-state index contributed by atoms with van der Waals surface area (Å²) in [5.74, 6) is 1.08. The molecule has 0 unspecified atom stereocenters. The fourth-order valence-corrected chi connectivity index (χ4v) is 2.53. The third-order valence-electron chi connectivity index (χ3n) is 3.86. The predicted octanol–water partition coefficient (Wildman–Crippen LogP) is 4.89. The minimum absolute atomic E-state index is 0.198. The summed E-state index contributed by atoms with van der Waals surface area (Å²) in [6, 6.07) is 23.1. The highest BCUT2D eigenvalue weighted by Gasteiger charge is 2.12. The molecule has 0 saturated carbocycles. The maximum Gasteiger partial charge on any atom is 0.335 e. The molecule has 6 heteroatoms. The molecule has 1 heterocycles. The summed E-state index contributed by atoms with van der Waals surface area (Å²) in [5, 5.41) is 17.1. The first-order valence-electron chi connectivity index (χ1n) is 8.19. The smallest absolute Gasteiger partial charge is 0.335 e. The van der Waals surface area contributed by atoms with Gasteiger partial charge in [0.15, 0.2) is 0 Å². The van der Waals surface area contributed by atoms with E-state index in [1.165, 1.54) is 12.1 Å². The summed E-state index contributed by atoms with van der Waals surface area (Å²) in [6.45, 7) is 0. The molecule has 0 aliphatic rings. The molecule has 0 saturated heterocycles. The summed E-state index contributed by atoms with van der Waals surface area (Å²) in [7, 11) is 0. The topological polar surface area (TPSA) is 85.5 Å². The fourth-order valence-electron chi connectivity index (χ4n) is 2.53. The van der Waals surface area contributed by atoms with Crippen LogP contribution in [-0.2, 0) is 0 Å². The first-order valence-corrected chi connectivity index (χ1v) is 8.19. The highest BCUT2D eigenvalue weighted by atomic mass is 16.5. The Morgan fingerprint density at radius 1 is 0.778 bits per heavy atom. The van der Waals surface area contributed by atoms with Gasteiger partial charge in [-0.3, -0.25) is 0 Å². The van der Waals surface area contributed by atoms with Crippen LogP contribution in [0.2, 0.25) is 0 Å². The number of hydrogen-bond acceptors (Lipinski definition) is 5. The molecular weight excluding hydrogens is 344 g/mol. The van der Waals surface area contributed by atoms with Crippen molar-refractivity contribution >= 4 is 5.97 Å². The van der Waals surface area contributed by atoms with E-state index < -0.39 is 5.97 Å². The van der Waals surface area contributed by atoms with Gasteiger partial charge in [-0.1, -0.05) is 24.3 Å². The maximum absolute atomic E-state index is 10.9. The number of benzene rings is 3. The number of aromatic nitrogens is 2. The van der Waals surface area contributed by atoms with Gasteiger partial charge in [0.25, 0.3) is 0 Å². The Kier molecular flexibility index (Phi) is 4.37. The molecule has 0 atom stereocenters. The van der Waals surface area contributed by atoms with Gasteiger partial charge < -0.3 is 14.3 Å². The van der Waals surface area contributed by atoms with E-state index in [0.717, 1.165) is 11.3 Å². The average Bonchev–Trinajstić information content (AvgIpc) is 3.19. The highest BCUT2D eigenvalue weighted by molar-refractivity contribution is 5.88. The monoisotopic (exact) mass is 358 g/mol. The minimum Gasteiger partial charge on any atom is -0.478 e. The number of carboxylic acids is 1. The van der Waals surface area contributed by atoms with E-state index in [0.29, 0.717) is 23.1 Å². The summed E-state index contributed by atoms with van der Waals surface area (Å²) in [6.07, 6.45) is 0. The average molecular weight is 358 g/mol. The van der Waals surface area contributed by atoms with E-state index in [1.807, 2.05) is 54.6 Å². The molecule has 0 aliphatic heterocycles. The fraction of sp³-hybridized carbons (Fsp3) is 0. The Morgan fingerprint density at radius 3 is 2.15 bits per heavy atom. The number of nitrogens with zero attached hydrogens (tertiary/aromatic N) is 2. The van der Waals surface area contributed by atoms with Gasteiger partial charge in [0.2, 0.25) is 11.8 Å². The lowest BCUT2D eigenvalue weighted by Crippen LogP contribution is -1.94. The number of ether oxygens (including phenoxy) is 1. The summed E-state index contributed by atoms with van der Waals surface area (Å²) < 4.78 is 11.6. The van der Waals surface area contributed by atoms with Gasteiger partial charge in [-0.15, -0.1) is 10.2 Å². The standard InChI is InChI=1S/C21H14N2O4/c24-21(25)15-11-9-14(10-12-15)19-22-23-20(27-19)16-5-4-8-18(13-16)26-17-6-2-1-3-7-17/h1-13H,(H,24,25). The zero-order valence-corrected chi connectivity index (χ0v) is 14.1. The van der Waals surface area contributed by atoms with Crippen LogP contribution in [0.25, 0.3) is 22.9 Å². The normalized spacial score (nSPS) is 10.5. The molecule has 4 rings (SSSR count). The lowest BCUT2D eigenvalue weighted by atomic mass is 10.1. The van der Waals surface area contributed by atoms with Crippen molar-refractivity contribution in [3.05, 3.63) is 84.4 Å². The van der Waals surface area contributed by atoms with E-state index >= 15 is 0 Å². The number of rotatable bonds is 5. The second-order valence-corrected chi connectivity index (χ2v) is 5.74. The minimum atomic E-state index is -0.983. The Hall–Kier alpha value is -3.93. The summed E-state index contributed by atoms with van der Waals surface area (Å²) in [5.41, 5.74) is 1.57. The second-order valence-electron chi connectivity index (χ2n) is 5.74. The molecule has 0 fully saturated rings. The Labute approximate surface area is 154 Å². The molecule has 132 valence electrons. The Morgan fingerprint density at radius 2 is 1.44 bits per heavy atom. The largest absolute Gasteiger partial charge is 0.478 e. The van der Waals surface area contributed by atoms with Crippen LogP contribution in [0.1, 0.15) is 10.4 Å². The van der Waals surface area contributed by atoms with Gasteiger partial charge in [0.05, 0.1) is 5.56 Å². The van der Waals surface area contributed by atoms with Crippen molar-refractivity contribution in [1.29, 1.82) is 0 Å². The Bertz CT molecular complexity index is 1070. The Balaban J connectivity index is 1.58. The van der Waals surface area contributed by atoms with E-state index in [1.54, 1.807) is 12.1 Å².